The second kappa shape index (κ2) is 7.30. The molecule has 25 heavy (non-hydrogen) atoms. The minimum Gasteiger partial charge on any atom is -0.461 e. The molecule has 0 N–H and O–H groups in total. The van der Waals surface area contributed by atoms with E-state index in [2.05, 4.69) is 0 Å². The Labute approximate surface area is 146 Å². The van der Waals surface area contributed by atoms with E-state index in [-0.39, 0.29) is 37.4 Å². The van der Waals surface area contributed by atoms with E-state index in [0.717, 1.165) is 11.1 Å². The molecule has 1 heterocycles. The van der Waals surface area contributed by atoms with Gasteiger partial charge in [-0.05, 0) is 31.0 Å². The molecule has 3 rings (SSSR count). The largest absolute Gasteiger partial charge is 0.461 e. The number of carbonyl (C=O) groups excluding carboxylic acids is 3. The summed E-state index contributed by atoms with van der Waals surface area (Å²) in [6.07, 6.45) is 0.553. The molecule has 5 nitrogen and oxygen atoms in total. The molecule has 2 aromatic carbocycles. The molecule has 2 amide bonds. The van der Waals surface area contributed by atoms with E-state index < -0.39 is 0 Å². The molecule has 128 valence electrons. The van der Waals surface area contributed by atoms with Gasteiger partial charge in [-0.15, -0.1) is 0 Å². The van der Waals surface area contributed by atoms with Crippen molar-refractivity contribution >= 4 is 17.8 Å². The lowest BCUT2D eigenvalue weighted by atomic mass is 10.1. The van der Waals surface area contributed by atoms with Crippen molar-refractivity contribution in [1.29, 1.82) is 0 Å². The van der Waals surface area contributed by atoms with Crippen LogP contribution in [0.4, 0.5) is 0 Å². The number of hydrogen-bond acceptors (Lipinski definition) is 4. The van der Waals surface area contributed by atoms with Gasteiger partial charge in [0.2, 0.25) is 0 Å². The number of fused-ring (bicyclic) bond motifs is 1. The van der Waals surface area contributed by atoms with Gasteiger partial charge in [0.15, 0.2) is 0 Å². The summed E-state index contributed by atoms with van der Waals surface area (Å²) in [5, 5.41) is 0. The minimum atomic E-state index is -0.337. The Morgan fingerprint density at radius 3 is 2.48 bits per heavy atom. The fraction of sp³-hybridized carbons (Fsp3) is 0.250. The first-order valence-electron chi connectivity index (χ1n) is 8.22. The quantitative estimate of drug-likeness (QED) is 0.600. The van der Waals surface area contributed by atoms with E-state index in [1.54, 1.807) is 12.1 Å². The fourth-order valence-electron chi connectivity index (χ4n) is 2.80. The molecule has 0 radical (unpaired) electrons. The third-order valence-corrected chi connectivity index (χ3v) is 4.13. The molecule has 0 fully saturated rings. The van der Waals surface area contributed by atoms with E-state index >= 15 is 0 Å². The molecule has 2 aromatic rings. The molecular formula is C20H19NO4. The van der Waals surface area contributed by atoms with Gasteiger partial charge in [-0.25, -0.2) is 0 Å². The number of benzene rings is 2. The Balaban J connectivity index is 1.49. The van der Waals surface area contributed by atoms with Crippen LogP contribution in [0.3, 0.4) is 0 Å². The second-order valence-corrected chi connectivity index (χ2v) is 6.06. The number of esters is 1. The summed E-state index contributed by atoms with van der Waals surface area (Å²) in [6, 6.07) is 14.6. The number of carbonyl (C=O) groups is 3. The average Bonchev–Trinajstić information content (AvgIpc) is 2.85. The van der Waals surface area contributed by atoms with Crippen LogP contribution in [0.15, 0.2) is 48.5 Å². The van der Waals surface area contributed by atoms with Gasteiger partial charge >= 0.3 is 5.97 Å². The van der Waals surface area contributed by atoms with Gasteiger partial charge < -0.3 is 4.74 Å². The molecule has 0 saturated carbocycles. The monoisotopic (exact) mass is 337 g/mol. The highest BCUT2D eigenvalue weighted by molar-refractivity contribution is 6.21. The van der Waals surface area contributed by atoms with E-state index in [9.17, 15) is 14.4 Å². The van der Waals surface area contributed by atoms with E-state index in [1.165, 1.54) is 4.90 Å². The first-order chi connectivity index (χ1) is 12.1. The van der Waals surface area contributed by atoms with Crippen molar-refractivity contribution in [2.45, 2.75) is 26.4 Å². The van der Waals surface area contributed by atoms with Crippen molar-refractivity contribution < 1.29 is 19.1 Å². The number of rotatable bonds is 6. The number of imide groups is 1. The third-order valence-electron chi connectivity index (χ3n) is 4.13. The zero-order chi connectivity index (χ0) is 17.8. The topological polar surface area (TPSA) is 63.7 Å². The number of aryl methyl sites for hydroxylation is 1. The first-order valence-corrected chi connectivity index (χ1v) is 8.22. The van der Waals surface area contributed by atoms with Crippen LogP contribution in [0.2, 0.25) is 0 Å². The first kappa shape index (κ1) is 16.9. The van der Waals surface area contributed by atoms with Gasteiger partial charge in [-0.3, -0.25) is 19.3 Å². The Kier molecular flexibility index (Phi) is 4.93. The summed E-state index contributed by atoms with van der Waals surface area (Å²) in [6.45, 7) is 2.32. The van der Waals surface area contributed by atoms with Crippen LogP contribution in [-0.2, 0) is 16.1 Å². The highest BCUT2D eigenvalue weighted by Gasteiger charge is 2.34. The van der Waals surface area contributed by atoms with Gasteiger partial charge in [-0.2, -0.15) is 0 Å². The Morgan fingerprint density at radius 2 is 1.72 bits per heavy atom. The van der Waals surface area contributed by atoms with Crippen molar-refractivity contribution in [1.82, 2.24) is 4.90 Å². The van der Waals surface area contributed by atoms with Crippen LogP contribution in [0, 0.1) is 6.92 Å². The SMILES string of the molecule is Cc1ccc2c(c1)C(=O)N(CCCC(=O)OCc1ccccc1)C2=O. The second-order valence-electron chi connectivity index (χ2n) is 6.06. The molecule has 0 saturated heterocycles. The lowest BCUT2D eigenvalue weighted by Gasteiger charge is -2.13. The lowest BCUT2D eigenvalue weighted by molar-refractivity contribution is -0.145. The van der Waals surface area contributed by atoms with Crippen LogP contribution < -0.4 is 0 Å². The van der Waals surface area contributed by atoms with E-state index in [1.807, 2.05) is 43.3 Å². The highest BCUT2D eigenvalue weighted by Crippen LogP contribution is 2.24. The van der Waals surface area contributed by atoms with E-state index in [4.69, 9.17) is 4.74 Å². The molecule has 0 unspecified atom stereocenters. The average molecular weight is 337 g/mol. The third kappa shape index (κ3) is 3.76. The van der Waals surface area contributed by atoms with Crippen molar-refractivity contribution in [3.63, 3.8) is 0 Å². The highest BCUT2D eigenvalue weighted by atomic mass is 16.5. The molecular weight excluding hydrogens is 318 g/mol. The fourth-order valence-corrected chi connectivity index (χ4v) is 2.80. The maximum Gasteiger partial charge on any atom is 0.306 e. The molecule has 0 aromatic heterocycles. The zero-order valence-electron chi connectivity index (χ0n) is 14.0. The molecule has 5 heteroatoms. The van der Waals surface area contributed by atoms with Gasteiger partial charge in [0, 0.05) is 13.0 Å². The molecule has 0 bridgehead atoms. The van der Waals surface area contributed by atoms with Crippen LogP contribution in [-0.4, -0.2) is 29.2 Å². The summed E-state index contributed by atoms with van der Waals surface area (Å²) in [5.74, 6) is -0.921. The van der Waals surface area contributed by atoms with Crippen molar-refractivity contribution in [2.24, 2.45) is 0 Å². The summed E-state index contributed by atoms with van der Waals surface area (Å²) < 4.78 is 5.20. The molecule has 0 atom stereocenters. The van der Waals surface area contributed by atoms with Crippen molar-refractivity contribution in [3.05, 3.63) is 70.8 Å². The van der Waals surface area contributed by atoms with Gasteiger partial charge in [-0.1, -0.05) is 42.0 Å². The summed E-state index contributed by atoms with van der Waals surface area (Å²) >= 11 is 0. The Morgan fingerprint density at radius 1 is 1.00 bits per heavy atom. The van der Waals surface area contributed by atoms with Gasteiger partial charge in [0.1, 0.15) is 6.61 Å². The Hall–Kier alpha value is -2.95. The number of amides is 2. The summed E-state index contributed by atoms with van der Waals surface area (Å²) in [4.78, 5) is 37.6. The molecule has 1 aliphatic heterocycles. The normalized spacial score (nSPS) is 13.1. The number of nitrogens with zero attached hydrogens (tertiary/aromatic N) is 1. The van der Waals surface area contributed by atoms with Crippen LogP contribution in [0.25, 0.3) is 0 Å². The predicted molar refractivity (Wildman–Crippen MR) is 92.0 cm³/mol. The van der Waals surface area contributed by atoms with Crippen molar-refractivity contribution in [3.8, 4) is 0 Å². The lowest BCUT2D eigenvalue weighted by Crippen LogP contribution is -2.31. The zero-order valence-corrected chi connectivity index (χ0v) is 14.0. The summed E-state index contributed by atoms with van der Waals surface area (Å²) in [5.41, 5.74) is 2.73. The Bertz CT molecular complexity index is 814. The molecule has 1 aliphatic rings. The smallest absolute Gasteiger partial charge is 0.306 e. The van der Waals surface area contributed by atoms with Crippen LogP contribution in [0.5, 0.6) is 0 Å². The van der Waals surface area contributed by atoms with Crippen LogP contribution >= 0.6 is 0 Å². The number of hydrogen-bond donors (Lipinski definition) is 0. The number of ether oxygens (including phenoxy) is 1. The van der Waals surface area contributed by atoms with Crippen molar-refractivity contribution in [2.75, 3.05) is 6.54 Å². The van der Waals surface area contributed by atoms with Gasteiger partial charge in [0.25, 0.3) is 11.8 Å². The summed E-state index contributed by atoms with van der Waals surface area (Å²) in [7, 11) is 0. The molecule has 0 aliphatic carbocycles. The van der Waals surface area contributed by atoms with E-state index in [0.29, 0.717) is 17.5 Å². The van der Waals surface area contributed by atoms with Gasteiger partial charge in [0.05, 0.1) is 11.1 Å². The standard InChI is InChI=1S/C20H19NO4/c1-14-9-10-16-17(12-14)20(24)21(19(16)23)11-5-8-18(22)25-13-15-6-3-2-4-7-15/h2-4,6-7,9-10,12H,5,8,11,13H2,1H3. The van der Waals surface area contributed by atoms with Crippen LogP contribution in [0.1, 0.15) is 44.7 Å². The maximum atomic E-state index is 12.3. The maximum absolute atomic E-state index is 12.3. The molecule has 0 spiro atoms. The predicted octanol–water partition coefficient (Wildman–Crippen LogP) is 3.11. The minimum absolute atomic E-state index is 0.166.